The molecule has 0 heterocycles. The van der Waals surface area contributed by atoms with E-state index in [-0.39, 0.29) is 0 Å². The van der Waals surface area contributed by atoms with Crippen LogP contribution in [-0.4, -0.2) is 12.0 Å². The molecule has 4 rings (SSSR count). The van der Waals surface area contributed by atoms with Crippen molar-refractivity contribution in [1.82, 2.24) is 0 Å². The van der Waals surface area contributed by atoms with E-state index < -0.39 is 10.0 Å². The van der Waals surface area contributed by atoms with E-state index in [1.54, 1.807) is 9.79 Å². The molecular weight excluding hydrogens is 308 g/mol. The summed E-state index contributed by atoms with van der Waals surface area (Å²) in [6.07, 6.45) is 10.1. The highest BCUT2D eigenvalue weighted by atomic mass is 32.3. The summed E-state index contributed by atoms with van der Waals surface area (Å²) in [5, 5.41) is 0. The topological polar surface area (TPSA) is 0 Å². The van der Waals surface area contributed by atoms with Crippen LogP contribution >= 0.6 is 10.0 Å². The lowest BCUT2D eigenvalue weighted by atomic mass is 9.87. The first-order valence-electron chi connectivity index (χ1n) is 9.53. The van der Waals surface area contributed by atoms with E-state index in [1.165, 1.54) is 43.4 Å². The Morgan fingerprint density at radius 1 is 0.917 bits per heavy atom. The Balaban J connectivity index is 1.61. The third kappa shape index (κ3) is 3.04. The van der Waals surface area contributed by atoms with Gasteiger partial charge in [0, 0.05) is 0 Å². The van der Waals surface area contributed by atoms with Crippen LogP contribution in [0.5, 0.6) is 0 Å². The minimum atomic E-state index is -0.923. The number of aryl methyl sites for hydroxylation is 1. The van der Waals surface area contributed by atoms with Gasteiger partial charge < -0.3 is 0 Å². The Hall–Kier alpha value is -1.21. The van der Waals surface area contributed by atoms with Gasteiger partial charge in [0.05, 0.1) is 0 Å². The van der Waals surface area contributed by atoms with Gasteiger partial charge in [0.2, 0.25) is 0 Å². The Morgan fingerprint density at radius 2 is 1.71 bits per heavy atom. The molecule has 2 aromatic rings. The molecule has 4 atom stereocenters. The zero-order chi connectivity index (χ0) is 16.6. The fraction of sp³-hybridized carbons (Fsp3) is 0.478. The van der Waals surface area contributed by atoms with Crippen molar-refractivity contribution in [3.8, 4) is 0 Å². The zero-order valence-corrected chi connectivity index (χ0v) is 15.9. The molecule has 2 fully saturated rings. The van der Waals surface area contributed by atoms with Gasteiger partial charge in [-0.2, -0.15) is 10.0 Å². The van der Waals surface area contributed by atoms with E-state index in [2.05, 4.69) is 67.8 Å². The van der Waals surface area contributed by atoms with Gasteiger partial charge in [0.1, 0.15) is 0 Å². The number of hydrogen-bond donors (Lipinski definition) is 0. The van der Waals surface area contributed by atoms with Gasteiger partial charge in [0.15, 0.2) is 0 Å². The van der Waals surface area contributed by atoms with Crippen LogP contribution < -0.4 is 0 Å². The molecule has 2 saturated carbocycles. The van der Waals surface area contributed by atoms with E-state index in [0.717, 1.165) is 17.8 Å². The first-order valence-corrected chi connectivity index (χ1v) is 11.7. The average Bonchev–Trinajstić information content (AvgIpc) is 3.23. The highest BCUT2D eigenvalue weighted by Gasteiger charge is 2.39. The molecular formula is C23H30S. The normalized spacial score (nSPS) is 29.3. The van der Waals surface area contributed by atoms with Crippen LogP contribution in [-0.2, 0) is 0 Å². The van der Waals surface area contributed by atoms with Crippen molar-refractivity contribution >= 4 is 10.0 Å². The van der Waals surface area contributed by atoms with Crippen molar-refractivity contribution in [3.05, 3.63) is 60.2 Å². The molecule has 4 unspecified atom stereocenters. The Kier molecular flexibility index (Phi) is 4.47. The quantitative estimate of drug-likeness (QED) is 0.571. The fourth-order valence-electron chi connectivity index (χ4n) is 5.11. The van der Waals surface area contributed by atoms with Crippen molar-refractivity contribution in [2.75, 3.05) is 12.0 Å². The van der Waals surface area contributed by atoms with Crippen LogP contribution in [0.25, 0.3) is 0 Å². The van der Waals surface area contributed by atoms with Gasteiger partial charge >= 0.3 is 0 Å². The Morgan fingerprint density at radius 3 is 2.38 bits per heavy atom. The summed E-state index contributed by atoms with van der Waals surface area (Å²) < 4.78 is 0. The van der Waals surface area contributed by atoms with Crippen LogP contribution in [0.2, 0.25) is 0 Å². The predicted octanol–water partition coefficient (Wildman–Crippen LogP) is 6.67. The van der Waals surface area contributed by atoms with E-state index in [1.807, 2.05) is 0 Å². The van der Waals surface area contributed by atoms with Gasteiger partial charge in [0.25, 0.3) is 0 Å². The molecule has 0 spiro atoms. The second-order valence-corrected chi connectivity index (χ2v) is 11.7. The predicted molar refractivity (Wildman–Crippen MR) is 106 cm³/mol. The number of rotatable bonds is 5. The van der Waals surface area contributed by atoms with Gasteiger partial charge in [-0.3, -0.25) is 0 Å². The molecule has 2 aliphatic carbocycles. The lowest BCUT2D eigenvalue weighted by Gasteiger charge is -2.39. The largest absolute Gasteiger partial charge is 0.191 e. The van der Waals surface area contributed by atoms with Gasteiger partial charge in [-0.15, -0.1) is 0 Å². The molecule has 0 N–H and O–H groups in total. The highest BCUT2D eigenvalue weighted by molar-refractivity contribution is 8.33. The number of benzene rings is 2. The van der Waals surface area contributed by atoms with Crippen LogP contribution in [0.15, 0.2) is 64.4 Å². The first kappa shape index (κ1) is 16.3. The van der Waals surface area contributed by atoms with Crippen LogP contribution in [0.4, 0.5) is 0 Å². The first-order chi connectivity index (χ1) is 11.6. The third-order valence-electron chi connectivity index (χ3n) is 6.55. The lowest BCUT2D eigenvalue weighted by molar-refractivity contribution is 0.326. The van der Waals surface area contributed by atoms with E-state index in [9.17, 15) is 0 Å². The molecule has 24 heavy (non-hydrogen) atoms. The molecule has 0 saturated heterocycles. The van der Waals surface area contributed by atoms with Gasteiger partial charge in [-0.05, 0) is 96.4 Å². The summed E-state index contributed by atoms with van der Waals surface area (Å²) in [5.41, 5.74) is 1.39. The molecule has 0 nitrogen and oxygen atoms in total. The van der Waals surface area contributed by atoms with E-state index in [4.69, 9.17) is 0 Å². The van der Waals surface area contributed by atoms with Crippen LogP contribution in [0.1, 0.15) is 37.7 Å². The smallest absolute Gasteiger partial charge is 0.00590 e. The summed E-state index contributed by atoms with van der Waals surface area (Å²) in [6.45, 7) is 2.23. The maximum Gasteiger partial charge on any atom is -0.00590 e. The van der Waals surface area contributed by atoms with Crippen molar-refractivity contribution < 1.29 is 0 Å². The standard InChI is InChI=1S/C23H30S/c1-18-7-6-10-23(15-18)24(2,22-8-4-3-5-9-22)14-13-21-17-19-11-12-20(21)16-19/h3-10,15,19-21H,11-14,16-17H2,1-2H3. The second-order valence-electron chi connectivity index (χ2n) is 8.14. The SMILES string of the molecule is Cc1cccc(S(C)(CCC2CC3CCC2C3)c2ccccc2)c1. The van der Waals surface area contributed by atoms with Crippen LogP contribution in [0, 0.1) is 24.7 Å². The Bertz CT molecular complexity index is 692. The highest BCUT2D eigenvalue weighted by Crippen LogP contribution is 2.61. The molecule has 0 aliphatic heterocycles. The molecule has 0 aromatic heterocycles. The monoisotopic (exact) mass is 338 g/mol. The number of hydrogen-bond acceptors (Lipinski definition) is 0. The molecule has 2 bridgehead atoms. The molecule has 128 valence electrons. The van der Waals surface area contributed by atoms with E-state index in [0.29, 0.717) is 0 Å². The summed E-state index contributed by atoms with van der Waals surface area (Å²) in [4.78, 5) is 3.12. The summed E-state index contributed by atoms with van der Waals surface area (Å²) >= 11 is 0. The minimum absolute atomic E-state index is 0.923. The van der Waals surface area contributed by atoms with Crippen molar-refractivity contribution in [2.24, 2.45) is 17.8 Å². The maximum absolute atomic E-state index is 2.55. The average molecular weight is 339 g/mol. The second kappa shape index (κ2) is 6.59. The van der Waals surface area contributed by atoms with Crippen LogP contribution in [0.3, 0.4) is 0 Å². The van der Waals surface area contributed by atoms with Gasteiger partial charge in [-0.1, -0.05) is 42.3 Å². The number of fused-ring (bicyclic) bond motifs is 2. The lowest BCUT2D eigenvalue weighted by Crippen LogP contribution is -2.15. The minimum Gasteiger partial charge on any atom is -0.191 e. The third-order valence-corrected chi connectivity index (χ3v) is 10.2. The molecule has 0 amide bonds. The van der Waals surface area contributed by atoms with Crippen molar-refractivity contribution in [2.45, 2.75) is 48.8 Å². The Labute approximate surface area is 149 Å². The molecule has 1 heteroatoms. The zero-order valence-electron chi connectivity index (χ0n) is 15.1. The molecule has 0 radical (unpaired) electrons. The summed E-state index contributed by atoms with van der Waals surface area (Å²) in [6, 6.07) is 20.6. The molecule has 2 aliphatic rings. The van der Waals surface area contributed by atoms with E-state index >= 15 is 0 Å². The maximum atomic E-state index is 2.55. The van der Waals surface area contributed by atoms with Crippen molar-refractivity contribution in [3.63, 3.8) is 0 Å². The summed E-state index contributed by atoms with van der Waals surface area (Å²) in [7, 11) is -0.923. The fourth-order valence-corrected chi connectivity index (χ4v) is 8.21. The molecule has 2 aromatic carbocycles. The summed E-state index contributed by atoms with van der Waals surface area (Å²) in [5.74, 6) is 4.47. The van der Waals surface area contributed by atoms with Gasteiger partial charge in [-0.25, -0.2) is 0 Å². The van der Waals surface area contributed by atoms with Crippen molar-refractivity contribution in [1.29, 1.82) is 0 Å².